The molecule has 0 saturated carbocycles. The third-order valence-corrected chi connectivity index (χ3v) is 4.94. The molecule has 1 aromatic carbocycles. The molecule has 24 heavy (non-hydrogen) atoms. The van der Waals surface area contributed by atoms with Gasteiger partial charge in [-0.25, -0.2) is 0 Å². The van der Waals surface area contributed by atoms with Crippen LogP contribution in [0.25, 0.3) is 0 Å². The molecule has 2 aromatic rings. The highest BCUT2D eigenvalue weighted by molar-refractivity contribution is 5.94. The highest BCUT2D eigenvalue weighted by Crippen LogP contribution is 2.19. The lowest BCUT2D eigenvalue weighted by atomic mass is 9.95. The largest absolute Gasteiger partial charge is 0.348 e. The number of hydrogen-bond donors (Lipinski definition) is 3. The number of benzene rings is 1. The molecule has 0 bridgehead atoms. The van der Waals surface area contributed by atoms with Gasteiger partial charge in [0.2, 0.25) is 0 Å². The van der Waals surface area contributed by atoms with E-state index < -0.39 is 0 Å². The number of aromatic amines is 1. The number of fused-ring (bicyclic) bond motifs is 2. The molecule has 1 aromatic heterocycles. The molecule has 4 rings (SSSR count). The van der Waals surface area contributed by atoms with E-state index in [0.29, 0.717) is 6.54 Å². The molecule has 0 atom stereocenters. The van der Waals surface area contributed by atoms with Crippen LogP contribution in [-0.2, 0) is 32.5 Å². The predicted octanol–water partition coefficient (Wildman–Crippen LogP) is 1.79. The van der Waals surface area contributed by atoms with Crippen molar-refractivity contribution in [3.63, 3.8) is 0 Å². The van der Waals surface area contributed by atoms with Gasteiger partial charge in [-0.05, 0) is 54.0 Å². The Kier molecular flexibility index (Phi) is 3.94. The molecule has 2 heterocycles. The van der Waals surface area contributed by atoms with E-state index in [1.807, 2.05) is 6.07 Å². The minimum atomic E-state index is -0.303. The third kappa shape index (κ3) is 2.87. The average Bonchev–Trinajstić information content (AvgIpc) is 3.06. The molecule has 0 spiro atoms. The highest BCUT2D eigenvalue weighted by Gasteiger charge is 2.17. The Hall–Kier alpha value is -2.40. The van der Waals surface area contributed by atoms with Gasteiger partial charge in [-0.2, -0.15) is 0 Å². The number of rotatable bonds is 3. The number of H-pyrrole nitrogens is 1. The Morgan fingerprint density at radius 3 is 2.79 bits per heavy atom. The van der Waals surface area contributed by atoms with Crippen molar-refractivity contribution in [2.24, 2.45) is 0 Å². The van der Waals surface area contributed by atoms with Gasteiger partial charge in [0.05, 0.1) is 0 Å². The van der Waals surface area contributed by atoms with Crippen LogP contribution >= 0.6 is 0 Å². The zero-order chi connectivity index (χ0) is 16.5. The summed E-state index contributed by atoms with van der Waals surface area (Å²) in [6.07, 6.45) is 4.05. The third-order valence-electron chi connectivity index (χ3n) is 4.94. The van der Waals surface area contributed by atoms with Gasteiger partial charge in [-0.1, -0.05) is 18.2 Å². The quantitative estimate of drug-likeness (QED) is 0.806. The van der Waals surface area contributed by atoms with E-state index in [2.05, 4.69) is 27.8 Å². The van der Waals surface area contributed by atoms with Gasteiger partial charge < -0.3 is 15.6 Å². The van der Waals surface area contributed by atoms with E-state index in [9.17, 15) is 9.59 Å². The van der Waals surface area contributed by atoms with Crippen molar-refractivity contribution in [2.45, 2.75) is 45.3 Å². The smallest absolute Gasteiger partial charge is 0.261 e. The van der Waals surface area contributed by atoms with Gasteiger partial charge in [0.15, 0.2) is 0 Å². The summed E-state index contributed by atoms with van der Waals surface area (Å²) in [7, 11) is 0. The minimum Gasteiger partial charge on any atom is -0.348 e. The number of carbonyl (C=O) groups is 1. The van der Waals surface area contributed by atoms with Crippen molar-refractivity contribution in [2.75, 3.05) is 0 Å². The Labute approximate surface area is 140 Å². The van der Waals surface area contributed by atoms with Crippen molar-refractivity contribution >= 4 is 5.91 Å². The van der Waals surface area contributed by atoms with Gasteiger partial charge in [0, 0.05) is 25.3 Å². The summed E-state index contributed by atoms with van der Waals surface area (Å²) in [6, 6.07) is 8.02. The molecule has 0 fully saturated rings. The van der Waals surface area contributed by atoms with Crippen molar-refractivity contribution in [3.05, 3.63) is 68.1 Å². The fraction of sp³-hybridized carbons (Fsp3) is 0.368. The van der Waals surface area contributed by atoms with Crippen molar-refractivity contribution < 1.29 is 4.79 Å². The summed E-state index contributed by atoms with van der Waals surface area (Å²) in [5.41, 5.74) is 5.69. The maximum absolute atomic E-state index is 12.4. The van der Waals surface area contributed by atoms with E-state index in [0.717, 1.165) is 55.6 Å². The van der Waals surface area contributed by atoms with Crippen LogP contribution in [0.1, 0.15) is 51.1 Å². The lowest BCUT2D eigenvalue weighted by Gasteiger charge is -2.16. The molecule has 5 heteroatoms. The number of hydrogen-bond acceptors (Lipinski definition) is 3. The van der Waals surface area contributed by atoms with Crippen molar-refractivity contribution in [1.82, 2.24) is 15.6 Å². The Balaban J connectivity index is 1.49. The van der Waals surface area contributed by atoms with Crippen molar-refractivity contribution in [3.8, 4) is 0 Å². The monoisotopic (exact) mass is 323 g/mol. The number of aromatic nitrogens is 1. The first-order valence-corrected chi connectivity index (χ1v) is 8.55. The lowest BCUT2D eigenvalue weighted by Crippen LogP contribution is -2.30. The maximum atomic E-state index is 12.4. The molecule has 0 radical (unpaired) electrons. The van der Waals surface area contributed by atoms with Crippen molar-refractivity contribution in [1.29, 1.82) is 0 Å². The molecule has 1 aliphatic carbocycles. The molecule has 5 nitrogen and oxygen atoms in total. The minimum absolute atomic E-state index is 0.221. The molecule has 0 unspecified atom stereocenters. The van der Waals surface area contributed by atoms with E-state index in [-0.39, 0.29) is 17.0 Å². The summed E-state index contributed by atoms with van der Waals surface area (Å²) in [4.78, 5) is 27.5. The molecule has 124 valence electrons. The standard InChI is InChI=1S/C19H21N3O2/c23-18(16-8-13-3-1-2-4-17(13)22-19(16)24)21-9-12-5-6-14-10-20-11-15(14)7-12/h5-8,20H,1-4,9-11H2,(H,21,23)(H,22,24). The normalized spacial score (nSPS) is 15.7. The van der Waals surface area contributed by atoms with Crippen LogP contribution in [0.15, 0.2) is 29.1 Å². The van der Waals surface area contributed by atoms with Crippen LogP contribution in [0.3, 0.4) is 0 Å². The summed E-state index contributed by atoms with van der Waals surface area (Å²) >= 11 is 0. The first-order chi connectivity index (χ1) is 11.7. The van der Waals surface area contributed by atoms with E-state index in [1.54, 1.807) is 6.07 Å². The average molecular weight is 323 g/mol. The first kappa shape index (κ1) is 15.1. The van der Waals surface area contributed by atoms with Gasteiger partial charge in [0.1, 0.15) is 5.56 Å². The van der Waals surface area contributed by atoms with Gasteiger partial charge >= 0.3 is 0 Å². The predicted molar refractivity (Wildman–Crippen MR) is 91.9 cm³/mol. The molecule has 1 amide bonds. The zero-order valence-corrected chi connectivity index (χ0v) is 13.6. The molecular weight excluding hydrogens is 302 g/mol. The second kappa shape index (κ2) is 6.24. The van der Waals surface area contributed by atoms with E-state index >= 15 is 0 Å². The summed E-state index contributed by atoms with van der Waals surface area (Å²) in [5.74, 6) is -0.303. The first-order valence-electron chi connectivity index (χ1n) is 8.55. The molecular formula is C19H21N3O2. The molecule has 0 saturated heterocycles. The van der Waals surface area contributed by atoms with Gasteiger partial charge in [-0.3, -0.25) is 9.59 Å². The van der Waals surface area contributed by atoms with Crippen LogP contribution in [0, 0.1) is 0 Å². The molecule has 2 aliphatic rings. The van der Waals surface area contributed by atoms with Crippen LogP contribution in [0.2, 0.25) is 0 Å². The van der Waals surface area contributed by atoms with Gasteiger partial charge in [-0.15, -0.1) is 0 Å². The number of aryl methyl sites for hydroxylation is 2. The zero-order valence-electron chi connectivity index (χ0n) is 13.6. The topological polar surface area (TPSA) is 74.0 Å². The fourth-order valence-electron chi connectivity index (χ4n) is 3.58. The number of carbonyl (C=O) groups excluding carboxylic acids is 1. The van der Waals surface area contributed by atoms with Crippen LogP contribution in [0.4, 0.5) is 0 Å². The fourth-order valence-corrected chi connectivity index (χ4v) is 3.58. The Morgan fingerprint density at radius 1 is 1.04 bits per heavy atom. The number of amides is 1. The van der Waals surface area contributed by atoms with Gasteiger partial charge in [0.25, 0.3) is 11.5 Å². The van der Waals surface area contributed by atoms with Crippen LogP contribution in [-0.4, -0.2) is 10.9 Å². The van der Waals surface area contributed by atoms with E-state index in [1.165, 1.54) is 11.1 Å². The highest BCUT2D eigenvalue weighted by atomic mass is 16.2. The molecule has 1 aliphatic heterocycles. The summed E-state index contributed by atoms with van der Waals surface area (Å²) in [6.45, 7) is 2.22. The molecule has 3 N–H and O–H groups in total. The SMILES string of the molecule is O=C(NCc1ccc2c(c1)CNC2)c1cc2c([nH]c1=O)CCCC2. The Morgan fingerprint density at radius 2 is 1.88 bits per heavy atom. The number of pyridine rings is 1. The summed E-state index contributed by atoms with van der Waals surface area (Å²) in [5, 5.41) is 6.18. The second-order valence-corrected chi connectivity index (χ2v) is 6.61. The maximum Gasteiger partial charge on any atom is 0.261 e. The van der Waals surface area contributed by atoms with E-state index in [4.69, 9.17) is 0 Å². The second-order valence-electron chi connectivity index (χ2n) is 6.61. The Bertz CT molecular complexity index is 854. The van der Waals surface area contributed by atoms with Crippen LogP contribution in [0.5, 0.6) is 0 Å². The van der Waals surface area contributed by atoms with Crippen LogP contribution < -0.4 is 16.2 Å². The number of nitrogens with one attached hydrogen (secondary N) is 3. The summed E-state index contributed by atoms with van der Waals surface area (Å²) < 4.78 is 0. The lowest BCUT2D eigenvalue weighted by molar-refractivity contribution is 0.0949.